The lowest BCUT2D eigenvalue weighted by atomic mass is 9.79. The van der Waals surface area contributed by atoms with Gasteiger partial charge in [-0.3, -0.25) is 4.90 Å². The summed E-state index contributed by atoms with van der Waals surface area (Å²) in [4.78, 5) is 4.94. The molecule has 0 radical (unpaired) electrons. The van der Waals surface area contributed by atoms with Crippen molar-refractivity contribution in [2.75, 3.05) is 33.7 Å². The summed E-state index contributed by atoms with van der Waals surface area (Å²) in [5.74, 6) is 0. The molecular formula is C14H31N3. The highest BCUT2D eigenvalue weighted by Gasteiger charge is 2.38. The Morgan fingerprint density at radius 1 is 1.18 bits per heavy atom. The van der Waals surface area contributed by atoms with Crippen molar-refractivity contribution < 1.29 is 0 Å². The van der Waals surface area contributed by atoms with Crippen LogP contribution in [0.15, 0.2) is 0 Å². The number of hydrogen-bond donors (Lipinski definition) is 1. The first-order chi connectivity index (χ1) is 8.05. The fraction of sp³-hybridized carbons (Fsp3) is 1.00. The van der Waals surface area contributed by atoms with Crippen LogP contribution >= 0.6 is 0 Å². The van der Waals surface area contributed by atoms with Crippen molar-refractivity contribution >= 4 is 0 Å². The minimum Gasteiger partial charge on any atom is -0.329 e. The maximum atomic E-state index is 6.13. The molecule has 0 bridgehead atoms. The smallest absolute Gasteiger partial charge is 0.0334 e. The Balaban J connectivity index is 2.74. The van der Waals surface area contributed by atoms with E-state index in [1.807, 2.05) is 0 Å². The summed E-state index contributed by atoms with van der Waals surface area (Å²) in [5.41, 5.74) is 6.41. The summed E-state index contributed by atoms with van der Waals surface area (Å²) in [6, 6.07) is 0.594. The van der Waals surface area contributed by atoms with E-state index in [9.17, 15) is 0 Å². The summed E-state index contributed by atoms with van der Waals surface area (Å²) in [6.07, 6.45) is 6.66. The van der Waals surface area contributed by atoms with Gasteiger partial charge in [0.05, 0.1) is 0 Å². The van der Waals surface area contributed by atoms with Crippen LogP contribution in [0.5, 0.6) is 0 Å². The predicted molar refractivity (Wildman–Crippen MR) is 75.3 cm³/mol. The van der Waals surface area contributed by atoms with E-state index in [0.717, 1.165) is 19.6 Å². The molecule has 1 fully saturated rings. The zero-order valence-electron chi connectivity index (χ0n) is 12.2. The fourth-order valence-electron chi connectivity index (χ4n) is 3.56. The minimum atomic E-state index is 0.280. The number of nitrogens with two attached hydrogens (primary N) is 1. The first-order valence-corrected chi connectivity index (χ1v) is 7.17. The van der Waals surface area contributed by atoms with Crippen LogP contribution in [0.3, 0.4) is 0 Å². The fourth-order valence-corrected chi connectivity index (χ4v) is 3.56. The van der Waals surface area contributed by atoms with E-state index < -0.39 is 0 Å². The molecule has 3 nitrogen and oxygen atoms in total. The lowest BCUT2D eigenvalue weighted by Crippen LogP contribution is -2.59. The van der Waals surface area contributed by atoms with Gasteiger partial charge in [-0.2, -0.15) is 0 Å². The second-order valence-corrected chi connectivity index (χ2v) is 5.89. The molecule has 1 aliphatic rings. The summed E-state index contributed by atoms with van der Waals surface area (Å²) in [7, 11) is 4.31. The third-order valence-corrected chi connectivity index (χ3v) is 4.28. The molecule has 1 unspecified atom stereocenters. The third kappa shape index (κ3) is 3.67. The Hall–Kier alpha value is -0.120. The Labute approximate surface area is 107 Å². The van der Waals surface area contributed by atoms with E-state index >= 15 is 0 Å². The monoisotopic (exact) mass is 241 g/mol. The van der Waals surface area contributed by atoms with Crippen LogP contribution in [0, 0.1) is 0 Å². The van der Waals surface area contributed by atoms with Crippen molar-refractivity contribution in [3.63, 3.8) is 0 Å². The Bertz CT molecular complexity index is 210. The van der Waals surface area contributed by atoms with Gasteiger partial charge in [-0.05, 0) is 40.4 Å². The summed E-state index contributed by atoms with van der Waals surface area (Å²) in [6.45, 7) is 7.67. The van der Waals surface area contributed by atoms with Gasteiger partial charge in [0.25, 0.3) is 0 Å². The zero-order valence-corrected chi connectivity index (χ0v) is 12.2. The van der Waals surface area contributed by atoms with Gasteiger partial charge >= 0.3 is 0 Å². The molecule has 1 saturated carbocycles. The number of rotatable bonds is 6. The quantitative estimate of drug-likeness (QED) is 0.771. The Morgan fingerprint density at radius 3 is 2.18 bits per heavy atom. The van der Waals surface area contributed by atoms with Crippen molar-refractivity contribution in [2.24, 2.45) is 5.73 Å². The topological polar surface area (TPSA) is 32.5 Å². The molecule has 0 amide bonds. The average molecular weight is 241 g/mol. The van der Waals surface area contributed by atoms with Crippen LogP contribution in [0.4, 0.5) is 0 Å². The average Bonchev–Trinajstić information content (AvgIpc) is 2.30. The highest BCUT2D eigenvalue weighted by molar-refractivity contribution is 4.96. The lowest BCUT2D eigenvalue weighted by molar-refractivity contribution is 0.0205. The van der Waals surface area contributed by atoms with E-state index in [0.29, 0.717) is 6.04 Å². The Kier molecular flexibility index (Phi) is 5.90. The molecule has 0 spiro atoms. The lowest BCUT2D eigenvalue weighted by Gasteiger charge is -2.49. The molecule has 1 atom stereocenters. The SMILES string of the molecule is CCN(C(C)CN(C)C)C1(CN)CCCCC1. The van der Waals surface area contributed by atoms with Gasteiger partial charge in [-0.1, -0.05) is 26.2 Å². The van der Waals surface area contributed by atoms with Crippen LogP contribution in [0.1, 0.15) is 46.0 Å². The second kappa shape index (κ2) is 6.72. The molecule has 2 N–H and O–H groups in total. The molecule has 3 heteroatoms. The molecule has 0 aromatic rings. The molecule has 0 saturated heterocycles. The van der Waals surface area contributed by atoms with Gasteiger partial charge in [0.15, 0.2) is 0 Å². The van der Waals surface area contributed by atoms with Gasteiger partial charge in [-0.25, -0.2) is 0 Å². The first-order valence-electron chi connectivity index (χ1n) is 7.17. The summed E-state index contributed by atoms with van der Waals surface area (Å²) < 4.78 is 0. The standard InChI is InChI=1S/C14H31N3/c1-5-17(13(2)11-16(3)4)14(12-15)9-7-6-8-10-14/h13H,5-12,15H2,1-4H3. The van der Waals surface area contributed by atoms with E-state index in [1.54, 1.807) is 0 Å². The molecule has 102 valence electrons. The second-order valence-electron chi connectivity index (χ2n) is 5.89. The summed E-state index contributed by atoms with van der Waals surface area (Å²) in [5, 5.41) is 0. The first kappa shape index (κ1) is 14.9. The highest BCUT2D eigenvalue weighted by Crippen LogP contribution is 2.34. The number of nitrogens with zero attached hydrogens (tertiary/aromatic N) is 2. The van der Waals surface area contributed by atoms with Crippen molar-refractivity contribution in [1.82, 2.24) is 9.80 Å². The van der Waals surface area contributed by atoms with E-state index in [1.165, 1.54) is 32.1 Å². The van der Waals surface area contributed by atoms with E-state index in [-0.39, 0.29) is 5.54 Å². The van der Waals surface area contributed by atoms with Gasteiger partial charge in [-0.15, -0.1) is 0 Å². The van der Waals surface area contributed by atoms with Crippen LogP contribution < -0.4 is 5.73 Å². The Morgan fingerprint density at radius 2 is 1.76 bits per heavy atom. The molecule has 0 aromatic heterocycles. The van der Waals surface area contributed by atoms with Crippen LogP contribution in [0.2, 0.25) is 0 Å². The highest BCUT2D eigenvalue weighted by atomic mass is 15.3. The third-order valence-electron chi connectivity index (χ3n) is 4.28. The normalized spacial score (nSPS) is 22.1. The van der Waals surface area contributed by atoms with Crippen molar-refractivity contribution in [1.29, 1.82) is 0 Å². The maximum Gasteiger partial charge on any atom is 0.0334 e. The predicted octanol–water partition coefficient (Wildman–Crippen LogP) is 1.92. The number of likely N-dealkylation sites (N-methyl/N-ethyl adjacent to an activating group) is 2. The van der Waals surface area contributed by atoms with Gasteiger partial charge in [0.2, 0.25) is 0 Å². The van der Waals surface area contributed by atoms with Gasteiger partial charge < -0.3 is 10.6 Å². The van der Waals surface area contributed by atoms with E-state index in [2.05, 4.69) is 37.7 Å². The van der Waals surface area contributed by atoms with Crippen molar-refractivity contribution in [2.45, 2.75) is 57.5 Å². The molecule has 17 heavy (non-hydrogen) atoms. The van der Waals surface area contributed by atoms with E-state index in [4.69, 9.17) is 5.73 Å². The molecule has 1 rings (SSSR count). The van der Waals surface area contributed by atoms with Crippen molar-refractivity contribution in [3.8, 4) is 0 Å². The van der Waals surface area contributed by atoms with Crippen LogP contribution in [0.25, 0.3) is 0 Å². The zero-order chi connectivity index (χ0) is 12.9. The van der Waals surface area contributed by atoms with Gasteiger partial charge in [0.1, 0.15) is 0 Å². The number of hydrogen-bond acceptors (Lipinski definition) is 3. The van der Waals surface area contributed by atoms with Crippen LogP contribution in [-0.4, -0.2) is 55.1 Å². The molecular weight excluding hydrogens is 210 g/mol. The summed E-state index contributed by atoms with van der Waals surface area (Å²) >= 11 is 0. The van der Waals surface area contributed by atoms with Crippen LogP contribution in [-0.2, 0) is 0 Å². The largest absolute Gasteiger partial charge is 0.329 e. The van der Waals surface area contributed by atoms with Gasteiger partial charge in [0, 0.05) is 24.7 Å². The maximum absolute atomic E-state index is 6.13. The molecule has 1 aliphatic carbocycles. The minimum absolute atomic E-state index is 0.280. The molecule has 0 heterocycles. The van der Waals surface area contributed by atoms with Crippen molar-refractivity contribution in [3.05, 3.63) is 0 Å². The molecule has 0 aliphatic heterocycles. The molecule has 0 aromatic carbocycles.